The van der Waals surface area contributed by atoms with Crippen molar-refractivity contribution in [2.24, 2.45) is 5.73 Å². The van der Waals surface area contributed by atoms with Crippen LogP contribution in [0.5, 0.6) is 0 Å². The molecule has 0 radical (unpaired) electrons. The fourth-order valence-corrected chi connectivity index (χ4v) is 1.95. The molecule has 5 heteroatoms. The molecule has 1 fully saturated rings. The highest BCUT2D eigenvalue weighted by molar-refractivity contribution is 5.78. The van der Waals surface area contributed by atoms with Gasteiger partial charge in [0.2, 0.25) is 0 Å². The van der Waals surface area contributed by atoms with Gasteiger partial charge in [0, 0.05) is 31.9 Å². The van der Waals surface area contributed by atoms with Crippen molar-refractivity contribution >= 4 is 5.84 Å². The maximum Gasteiger partial charge on any atom is 0.105 e. The molecule has 1 heterocycles. The molecule has 0 aromatic rings. The summed E-state index contributed by atoms with van der Waals surface area (Å²) in [5.41, 5.74) is 6.72. The van der Waals surface area contributed by atoms with Gasteiger partial charge in [-0.2, -0.15) is 0 Å². The van der Waals surface area contributed by atoms with Crippen LogP contribution in [-0.4, -0.2) is 53.8 Å². The topological polar surface area (TPSA) is 87.8 Å². The molecule has 0 aliphatic carbocycles. The first-order valence-corrected chi connectivity index (χ1v) is 7.27. The summed E-state index contributed by atoms with van der Waals surface area (Å²) in [5.74, 6) is 0.261. The minimum Gasteiger partial charge on any atom is -0.412 e. The van der Waals surface area contributed by atoms with Crippen LogP contribution in [0.4, 0.5) is 0 Å². The summed E-state index contributed by atoms with van der Waals surface area (Å²) >= 11 is 0. The van der Waals surface area contributed by atoms with Crippen molar-refractivity contribution in [3.63, 3.8) is 0 Å². The van der Waals surface area contributed by atoms with Crippen molar-refractivity contribution in [3.8, 4) is 0 Å². The lowest BCUT2D eigenvalue weighted by Crippen LogP contribution is -2.47. The minimum atomic E-state index is 0. The average molecular weight is 284 g/mol. The SMILES string of the molecule is CC.CC/C=C\C=C(/C)N1CCN(CC(=N)N)CC1.O. The number of piperazine rings is 1. The summed E-state index contributed by atoms with van der Waals surface area (Å²) < 4.78 is 0. The van der Waals surface area contributed by atoms with Crippen LogP contribution < -0.4 is 5.73 Å². The Labute approximate surface area is 123 Å². The molecule has 0 saturated carbocycles. The summed E-state index contributed by atoms with van der Waals surface area (Å²) in [5, 5.41) is 7.28. The van der Waals surface area contributed by atoms with E-state index in [2.05, 4.69) is 41.9 Å². The van der Waals surface area contributed by atoms with Gasteiger partial charge in [-0.15, -0.1) is 0 Å². The predicted octanol–water partition coefficient (Wildman–Crippen LogP) is 1.61. The molecular formula is C15H32N4O. The van der Waals surface area contributed by atoms with Gasteiger partial charge < -0.3 is 16.1 Å². The molecular weight excluding hydrogens is 252 g/mol. The van der Waals surface area contributed by atoms with Crippen LogP contribution in [-0.2, 0) is 0 Å². The molecule has 0 aromatic carbocycles. The third-order valence-electron chi connectivity index (χ3n) is 2.97. The van der Waals surface area contributed by atoms with Crippen LogP contribution in [0.15, 0.2) is 23.9 Å². The predicted molar refractivity (Wildman–Crippen MR) is 88.1 cm³/mol. The number of hydrogen-bond donors (Lipinski definition) is 2. The molecule has 0 amide bonds. The van der Waals surface area contributed by atoms with Crippen LogP contribution in [0.3, 0.4) is 0 Å². The van der Waals surface area contributed by atoms with Crippen molar-refractivity contribution in [3.05, 3.63) is 23.9 Å². The normalized spacial score (nSPS) is 16.4. The van der Waals surface area contributed by atoms with Crippen molar-refractivity contribution in [2.75, 3.05) is 32.7 Å². The zero-order chi connectivity index (χ0) is 14.7. The molecule has 5 nitrogen and oxygen atoms in total. The first-order valence-electron chi connectivity index (χ1n) is 7.27. The fourth-order valence-electron chi connectivity index (χ4n) is 1.95. The first-order chi connectivity index (χ1) is 9.13. The molecule has 0 atom stereocenters. The van der Waals surface area contributed by atoms with Crippen molar-refractivity contribution in [1.82, 2.24) is 9.80 Å². The second-order valence-electron chi connectivity index (χ2n) is 4.43. The summed E-state index contributed by atoms with van der Waals surface area (Å²) in [4.78, 5) is 4.62. The average Bonchev–Trinajstić information content (AvgIpc) is 2.41. The van der Waals surface area contributed by atoms with Gasteiger partial charge in [0.25, 0.3) is 0 Å². The Hall–Kier alpha value is -1.33. The van der Waals surface area contributed by atoms with Gasteiger partial charge >= 0.3 is 0 Å². The van der Waals surface area contributed by atoms with Crippen LogP contribution >= 0.6 is 0 Å². The third-order valence-corrected chi connectivity index (χ3v) is 2.97. The largest absolute Gasteiger partial charge is 0.412 e. The summed E-state index contributed by atoms with van der Waals surface area (Å²) in [6, 6.07) is 0. The molecule has 20 heavy (non-hydrogen) atoms. The number of nitrogens with one attached hydrogen (secondary N) is 1. The molecule has 5 N–H and O–H groups in total. The number of nitrogens with two attached hydrogens (primary N) is 1. The van der Waals surface area contributed by atoms with Crippen LogP contribution in [0, 0.1) is 5.41 Å². The highest BCUT2D eigenvalue weighted by Gasteiger charge is 2.16. The number of amidine groups is 1. The van der Waals surface area contributed by atoms with Gasteiger partial charge in [-0.25, -0.2) is 0 Å². The van der Waals surface area contributed by atoms with Crippen LogP contribution in [0.1, 0.15) is 34.1 Å². The summed E-state index contributed by atoms with van der Waals surface area (Å²) in [6.07, 6.45) is 7.53. The van der Waals surface area contributed by atoms with E-state index in [0.29, 0.717) is 6.54 Å². The van der Waals surface area contributed by atoms with Gasteiger partial charge in [0.05, 0.1) is 6.54 Å². The number of hydrogen-bond acceptors (Lipinski definition) is 3. The van der Waals surface area contributed by atoms with Crippen LogP contribution in [0.25, 0.3) is 0 Å². The number of allylic oxidation sites excluding steroid dienone is 4. The lowest BCUT2D eigenvalue weighted by atomic mass is 10.2. The molecule has 0 bridgehead atoms. The Morgan fingerprint density at radius 3 is 2.20 bits per heavy atom. The third kappa shape index (κ3) is 8.72. The Balaban J connectivity index is 0. The quantitative estimate of drug-likeness (QED) is 0.457. The molecule has 1 aliphatic heterocycles. The summed E-state index contributed by atoms with van der Waals surface area (Å²) in [7, 11) is 0. The lowest BCUT2D eigenvalue weighted by molar-refractivity contribution is 0.175. The molecule has 1 aliphatic rings. The van der Waals surface area contributed by atoms with E-state index in [-0.39, 0.29) is 11.3 Å². The maximum absolute atomic E-state index is 7.28. The fraction of sp³-hybridized carbons (Fsp3) is 0.667. The van der Waals surface area contributed by atoms with E-state index in [0.717, 1.165) is 32.6 Å². The Morgan fingerprint density at radius 1 is 1.20 bits per heavy atom. The summed E-state index contributed by atoms with van der Waals surface area (Å²) in [6.45, 7) is 12.9. The highest BCUT2D eigenvalue weighted by atomic mass is 16.0. The Kier molecular flexibility index (Phi) is 13.3. The van der Waals surface area contributed by atoms with E-state index in [9.17, 15) is 0 Å². The Morgan fingerprint density at radius 2 is 1.75 bits per heavy atom. The second-order valence-corrected chi connectivity index (χ2v) is 4.43. The smallest absolute Gasteiger partial charge is 0.105 e. The zero-order valence-electron chi connectivity index (χ0n) is 13.4. The second kappa shape index (κ2) is 12.7. The lowest BCUT2D eigenvalue weighted by Gasteiger charge is -2.36. The van der Waals surface area contributed by atoms with E-state index >= 15 is 0 Å². The van der Waals surface area contributed by atoms with Crippen molar-refractivity contribution in [2.45, 2.75) is 34.1 Å². The monoisotopic (exact) mass is 284 g/mol. The maximum atomic E-state index is 7.28. The van der Waals surface area contributed by atoms with Gasteiger partial charge in [-0.05, 0) is 19.4 Å². The standard InChI is InChI=1S/C13H24N4.C2H6.H2O/c1-3-4-5-6-12(2)17-9-7-16(8-10-17)11-13(14)15;1-2;/h4-6H,3,7-11H2,1-2H3,(H3,14,15);1-2H3;1H2/b5-4-,12-6+;;. The Bertz CT molecular complexity index is 305. The molecule has 0 unspecified atom stereocenters. The molecule has 0 spiro atoms. The van der Waals surface area contributed by atoms with E-state index in [1.54, 1.807) is 0 Å². The zero-order valence-corrected chi connectivity index (χ0v) is 13.4. The highest BCUT2D eigenvalue weighted by Crippen LogP contribution is 2.08. The van der Waals surface area contributed by atoms with E-state index in [1.165, 1.54) is 5.70 Å². The van der Waals surface area contributed by atoms with Gasteiger partial charge in [0.15, 0.2) is 0 Å². The van der Waals surface area contributed by atoms with Crippen LogP contribution in [0.2, 0.25) is 0 Å². The van der Waals surface area contributed by atoms with E-state index in [1.807, 2.05) is 13.8 Å². The van der Waals surface area contributed by atoms with Gasteiger partial charge in [0.1, 0.15) is 5.84 Å². The van der Waals surface area contributed by atoms with E-state index < -0.39 is 0 Å². The van der Waals surface area contributed by atoms with Gasteiger partial charge in [-0.3, -0.25) is 10.3 Å². The van der Waals surface area contributed by atoms with E-state index in [4.69, 9.17) is 11.1 Å². The number of rotatable bonds is 5. The number of nitrogens with zero attached hydrogens (tertiary/aromatic N) is 2. The molecule has 1 saturated heterocycles. The first kappa shape index (κ1) is 21.0. The minimum absolute atomic E-state index is 0. The van der Waals surface area contributed by atoms with Crippen molar-refractivity contribution in [1.29, 1.82) is 5.41 Å². The van der Waals surface area contributed by atoms with Crippen molar-refractivity contribution < 1.29 is 5.48 Å². The molecule has 118 valence electrons. The molecule has 1 rings (SSSR count). The van der Waals surface area contributed by atoms with Gasteiger partial charge in [-0.1, -0.05) is 32.9 Å². The molecule has 0 aromatic heterocycles.